The van der Waals surface area contributed by atoms with Gasteiger partial charge in [0.25, 0.3) is 0 Å². The van der Waals surface area contributed by atoms with E-state index in [-0.39, 0.29) is 16.7 Å². The maximum atomic E-state index is 12.7. The Hall–Kier alpha value is -1.44. The van der Waals surface area contributed by atoms with Crippen molar-refractivity contribution in [3.63, 3.8) is 0 Å². The van der Waals surface area contributed by atoms with Crippen LogP contribution in [0.1, 0.15) is 18.4 Å². The van der Waals surface area contributed by atoms with Crippen LogP contribution in [0, 0.1) is 5.92 Å². The number of piperidine rings is 1. The van der Waals surface area contributed by atoms with Gasteiger partial charge in [0.2, 0.25) is 15.9 Å². The fraction of sp³-hybridized carbons (Fsp3) is 0.533. The van der Waals surface area contributed by atoms with E-state index in [9.17, 15) is 13.2 Å². The van der Waals surface area contributed by atoms with Crippen molar-refractivity contribution in [2.24, 2.45) is 5.92 Å². The summed E-state index contributed by atoms with van der Waals surface area (Å²) in [6, 6.07) is 5.02. The number of carbonyl (C=O) groups excluding carboxylic acids is 1. The molecule has 1 unspecified atom stereocenters. The Kier molecular flexibility index (Phi) is 4.20. The van der Waals surface area contributed by atoms with E-state index in [1.54, 1.807) is 17.0 Å². The Morgan fingerprint density at radius 1 is 1.41 bits per heavy atom. The first-order valence-corrected chi connectivity index (χ1v) is 9.10. The lowest BCUT2D eigenvalue weighted by atomic mass is 9.98. The number of anilines is 1. The summed E-state index contributed by atoms with van der Waals surface area (Å²) in [5, 5.41) is 3.25. The highest BCUT2D eigenvalue weighted by atomic mass is 32.2. The maximum absolute atomic E-state index is 12.7. The molecule has 1 aromatic rings. The van der Waals surface area contributed by atoms with Crippen molar-refractivity contribution in [2.45, 2.75) is 24.2 Å². The molecule has 0 bridgehead atoms. The number of nitrogens with zero attached hydrogens (tertiary/aromatic N) is 1. The van der Waals surface area contributed by atoms with Crippen LogP contribution >= 0.6 is 0 Å². The minimum atomic E-state index is -3.49. The lowest BCUT2D eigenvalue weighted by Gasteiger charge is -2.27. The number of fused-ring (bicyclic) bond motifs is 1. The summed E-state index contributed by atoms with van der Waals surface area (Å²) in [5.41, 5.74) is 1.78. The van der Waals surface area contributed by atoms with Crippen LogP contribution in [0.2, 0.25) is 0 Å². The number of amides is 1. The normalized spacial score (nSPS) is 21.7. The molecule has 0 saturated carbocycles. The quantitative estimate of drug-likeness (QED) is 0.848. The third-order valence-electron chi connectivity index (χ3n) is 4.44. The molecule has 2 heterocycles. The number of nitrogens with one attached hydrogen (secondary N) is 2. The van der Waals surface area contributed by atoms with Gasteiger partial charge in [-0.05, 0) is 50.6 Å². The first-order chi connectivity index (χ1) is 10.5. The monoisotopic (exact) mass is 323 g/mol. The van der Waals surface area contributed by atoms with Gasteiger partial charge in [0, 0.05) is 18.8 Å². The summed E-state index contributed by atoms with van der Waals surface area (Å²) >= 11 is 0. The van der Waals surface area contributed by atoms with Gasteiger partial charge in [0.05, 0.1) is 10.8 Å². The van der Waals surface area contributed by atoms with Crippen molar-refractivity contribution in [1.29, 1.82) is 0 Å². The third-order valence-corrected chi connectivity index (χ3v) is 5.86. The van der Waals surface area contributed by atoms with Crippen LogP contribution in [0.3, 0.4) is 0 Å². The highest BCUT2D eigenvalue weighted by Gasteiger charge is 2.31. The largest absolute Gasteiger partial charge is 0.316 e. The van der Waals surface area contributed by atoms with Crippen LogP contribution in [-0.2, 0) is 21.2 Å². The summed E-state index contributed by atoms with van der Waals surface area (Å²) in [7, 11) is -2.11. The van der Waals surface area contributed by atoms with Gasteiger partial charge < -0.3 is 10.2 Å². The predicted octanol–water partition coefficient (Wildman–Crippen LogP) is 0.483. The summed E-state index contributed by atoms with van der Waals surface area (Å²) in [5.74, 6) is 0.0919. The average molecular weight is 323 g/mol. The number of hydrogen-bond donors (Lipinski definition) is 2. The predicted molar refractivity (Wildman–Crippen MR) is 84.3 cm³/mol. The second-order valence-electron chi connectivity index (χ2n) is 5.78. The van der Waals surface area contributed by atoms with Crippen molar-refractivity contribution in [3.8, 4) is 0 Å². The van der Waals surface area contributed by atoms with E-state index in [1.807, 2.05) is 6.07 Å². The number of rotatable bonds is 3. The second kappa shape index (κ2) is 5.98. The summed E-state index contributed by atoms with van der Waals surface area (Å²) in [6.45, 7) is 2.30. The van der Waals surface area contributed by atoms with Crippen molar-refractivity contribution >= 4 is 21.6 Å². The Bertz CT molecular complexity index is 681. The molecule has 6 nitrogen and oxygen atoms in total. The van der Waals surface area contributed by atoms with E-state index >= 15 is 0 Å². The zero-order valence-electron chi connectivity index (χ0n) is 12.6. The zero-order chi connectivity index (χ0) is 15.7. The van der Waals surface area contributed by atoms with Crippen LogP contribution in [0.5, 0.6) is 0 Å². The number of carbonyl (C=O) groups is 1. The fourth-order valence-electron chi connectivity index (χ4n) is 3.16. The molecule has 120 valence electrons. The summed E-state index contributed by atoms with van der Waals surface area (Å²) in [6.07, 6.45) is 2.68. The average Bonchev–Trinajstić information content (AvgIpc) is 2.98. The van der Waals surface area contributed by atoms with Gasteiger partial charge in [-0.1, -0.05) is 6.07 Å². The molecule has 1 fully saturated rings. The first kappa shape index (κ1) is 15.5. The van der Waals surface area contributed by atoms with Gasteiger partial charge in [-0.15, -0.1) is 0 Å². The molecule has 7 heteroatoms. The first-order valence-electron chi connectivity index (χ1n) is 7.61. The van der Waals surface area contributed by atoms with E-state index in [2.05, 4.69) is 10.0 Å². The number of benzene rings is 1. The molecular weight excluding hydrogens is 302 g/mol. The molecule has 2 N–H and O–H groups in total. The number of sulfonamides is 1. The smallest absolute Gasteiger partial charge is 0.240 e. The molecule has 0 spiro atoms. The van der Waals surface area contributed by atoms with Crippen LogP contribution < -0.4 is 14.9 Å². The van der Waals surface area contributed by atoms with Gasteiger partial charge >= 0.3 is 0 Å². The molecular formula is C15H21N3O3S. The van der Waals surface area contributed by atoms with E-state index in [1.165, 1.54) is 7.05 Å². The van der Waals surface area contributed by atoms with E-state index < -0.39 is 10.0 Å². The van der Waals surface area contributed by atoms with E-state index in [0.29, 0.717) is 13.1 Å². The molecule has 0 aromatic heterocycles. The van der Waals surface area contributed by atoms with E-state index in [0.717, 1.165) is 37.1 Å². The minimum absolute atomic E-state index is 0.00994. The van der Waals surface area contributed by atoms with Crippen molar-refractivity contribution in [1.82, 2.24) is 10.0 Å². The van der Waals surface area contributed by atoms with Gasteiger partial charge in [0.1, 0.15) is 0 Å². The molecule has 1 amide bonds. The molecule has 2 aliphatic rings. The molecule has 0 aliphatic carbocycles. The molecule has 1 atom stereocenters. The Morgan fingerprint density at radius 2 is 2.23 bits per heavy atom. The summed E-state index contributed by atoms with van der Waals surface area (Å²) in [4.78, 5) is 14.7. The van der Waals surface area contributed by atoms with Crippen molar-refractivity contribution < 1.29 is 13.2 Å². The fourth-order valence-corrected chi connectivity index (χ4v) is 3.91. The number of hydrogen-bond acceptors (Lipinski definition) is 4. The van der Waals surface area contributed by atoms with Gasteiger partial charge in [0.15, 0.2) is 0 Å². The van der Waals surface area contributed by atoms with Crippen molar-refractivity contribution in [3.05, 3.63) is 23.8 Å². The topological polar surface area (TPSA) is 78.5 Å². The highest BCUT2D eigenvalue weighted by molar-refractivity contribution is 7.89. The summed E-state index contributed by atoms with van der Waals surface area (Å²) < 4.78 is 26.2. The van der Waals surface area contributed by atoms with Gasteiger partial charge in [-0.3, -0.25) is 4.79 Å². The highest BCUT2D eigenvalue weighted by Crippen LogP contribution is 2.32. The van der Waals surface area contributed by atoms with Crippen LogP contribution in [0.15, 0.2) is 23.1 Å². The second-order valence-corrected chi connectivity index (χ2v) is 7.67. The van der Waals surface area contributed by atoms with Crippen LogP contribution in [0.4, 0.5) is 5.69 Å². The van der Waals surface area contributed by atoms with Crippen LogP contribution in [-0.4, -0.2) is 41.0 Å². The Balaban J connectivity index is 1.90. The molecule has 2 aliphatic heterocycles. The molecule has 3 rings (SSSR count). The molecule has 1 saturated heterocycles. The van der Waals surface area contributed by atoms with Crippen molar-refractivity contribution in [2.75, 3.05) is 31.6 Å². The molecule has 1 aromatic carbocycles. The van der Waals surface area contributed by atoms with Crippen LogP contribution in [0.25, 0.3) is 0 Å². The zero-order valence-corrected chi connectivity index (χ0v) is 13.4. The van der Waals surface area contributed by atoms with Gasteiger partial charge in [-0.25, -0.2) is 13.1 Å². The standard InChI is InChI=1S/C15H21N3O3S/c1-16-22(20,21)13-5-4-11-6-8-18(14(11)9-13)15(19)12-3-2-7-17-10-12/h4-5,9,12,16-17H,2-3,6-8,10H2,1H3. The lowest BCUT2D eigenvalue weighted by Crippen LogP contribution is -2.42. The SMILES string of the molecule is CNS(=O)(=O)c1ccc2c(c1)N(C(=O)C1CCCNC1)CC2. The molecule has 22 heavy (non-hydrogen) atoms. The Labute approximate surface area is 130 Å². The van der Waals surface area contributed by atoms with E-state index in [4.69, 9.17) is 0 Å². The molecule has 0 radical (unpaired) electrons. The third kappa shape index (κ3) is 2.76. The Morgan fingerprint density at radius 3 is 2.91 bits per heavy atom. The minimum Gasteiger partial charge on any atom is -0.316 e. The van der Waals surface area contributed by atoms with Gasteiger partial charge in [-0.2, -0.15) is 0 Å². The maximum Gasteiger partial charge on any atom is 0.240 e. The lowest BCUT2D eigenvalue weighted by molar-refractivity contribution is -0.122.